The van der Waals surface area contributed by atoms with Gasteiger partial charge in [-0.3, -0.25) is 9.10 Å². The fraction of sp³-hybridized carbons (Fsp3) is 0.211. The number of benzene rings is 2. The lowest BCUT2D eigenvalue weighted by Gasteiger charge is -2.33. The minimum atomic E-state index is -3.55. The Morgan fingerprint density at radius 3 is 2.85 bits per heavy atom. The molecule has 8 heteroatoms. The normalized spacial score (nSPS) is 16.0. The minimum absolute atomic E-state index is 0.103. The molecule has 1 heterocycles. The monoisotopic (exact) mass is 388 g/mol. The van der Waals surface area contributed by atoms with E-state index in [2.05, 4.69) is 11.9 Å². The van der Waals surface area contributed by atoms with Gasteiger partial charge in [-0.1, -0.05) is 30.9 Å². The van der Waals surface area contributed by atoms with Crippen LogP contribution in [0.5, 0.6) is 11.5 Å². The van der Waals surface area contributed by atoms with Crippen LogP contribution in [0.4, 0.5) is 11.4 Å². The van der Waals surface area contributed by atoms with Crippen molar-refractivity contribution >= 4 is 27.3 Å². The summed E-state index contributed by atoms with van der Waals surface area (Å²) in [6.45, 7) is 3.84. The topological polar surface area (TPSA) is 84.9 Å². The van der Waals surface area contributed by atoms with Gasteiger partial charge in [-0.05, 0) is 24.3 Å². The van der Waals surface area contributed by atoms with E-state index >= 15 is 0 Å². The molecule has 0 aliphatic carbocycles. The predicted octanol–water partition coefficient (Wildman–Crippen LogP) is 2.42. The molecule has 7 nitrogen and oxygen atoms in total. The lowest BCUT2D eigenvalue weighted by Crippen LogP contribution is -2.48. The Morgan fingerprint density at radius 1 is 1.33 bits per heavy atom. The van der Waals surface area contributed by atoms with Crippen LogP contribution in [0.2, 0.25) is 0 Å². The van der Waals surface area contributed by atoms with E-state index in [1.807, 2.05) is 0 Å². The van der Waals surface area contributed by atoms with Crippen LogP contribution in [0.25, 0.3) is 0 Å². The number of fused-ring (bicyclic) bond motifs is 1. The molecule has 0 spiro atoms. The van der Waals surface area contributed by atoms with E-state index in [0.29, 0.717) is 29.5 Å². The van der Waals surface area contributed by atoms with Crippen molar-refractivity contribution in [1.82, 2.24) is 0 Å². The van der Waals surface area contributed by atoms with Gasteiger partial charge in [0.1, 0.15) is 18.1 Å². The number of anilines is 2. The molecule has 0 aromatic heterocycles. The molecule has 142 valence electrons. The highest BCUT2D eigenvalue weighted by atomic mass is 32.2. The fourth-order valence-corrected chi connectivity index (χ4v) is 3.61. The summed E-state index contributed by atoms with van der Waals surface area (Å²) in [6, 6.07) is 13.6. The van der Waals surface area contributed by atoms with Crippen LogP contribution in [0.3, 0.4) is 0 Å². The average molecular weight is 388 g/mol. The largest absolute Gasteiger partial charge is 0.489 e. The van der Waals surface area contributed by atoms with Crippen LogP contribution in [-0.4, -0.2) is 39.8 Å². The van der Waals surface area contributed by atoms with E-state index in [9.17, 15) is 13.2 Å². The zero-order chi connectivity index (χ0) is 19.4. The summed E-state index contributed by atoms with van der Waals surface area (Å²) >= 11 is 0. The van der Waals surface area contributed by atoms with E-state index in [1.54, 1.807) is 54.6 Å². The molecular weight excluding hydrogens is 368 g/mol. The van der Waals surface area contributed by atoms with Crippen molar-refractivity contribution in [2.24, 2.45) is 0 Å². The summed E-state index contributed by atoms with van der Waals surface area (Å²) in [7, 11) is -3.55. The van der Waals surface area contributed by atoms with Crippen molar-refractivity contribution in [3.05, 3.63) is 61.2 Å². The Labute approximate surface area is 158 Å². The Balaban J connectivity index is 1.79. The molecule has 1 aliphatic heterocycles. The van der Waals surface area contributed by atoms with Crippen molar-refractivity contribution in [3.8, 4) is 11.5 Å². The van der Waals surface area contributed by atoms with Gasteiger partial charge in [-0.15, -0.1) is 0 Å². The van der Waals surface area contributed by atoms with E-state index in [-0.39, 0.29) is 6.54 Å². The van der Waals surface area contributed by atoms with Crippen LogP contribution in [0.1, 0.15) is 0 Å². The number of amides is 1. The second kappa shape index (κ2) is 7.71. The number of nitrogens with zero attached hydrogens (tertiary/aromatic N) is 1. The lowest BCUT2D eigenvalue weighted by molar-refractivity contribution is -0.122. The van der Waals surface area contributed by atoms with Gasteiger partial charge in [0.05, 0.1) is 18.5 Å². The number of hydrogen-bond donors (Lipinski definition) is 1. The maximum Gasteiger partial charge on any atom is 0.267 e. The molecule has 0 unspecified atom stereocenters. The maximum absolute atomic E-state index is 12.7. The summed E-state index contributed by atoms with van der Waals surface area (Å²) in [4.78, 5) is 12.7. The molecule has 0 fully saturated rings. The molecule has 0 saturated heterocycles. The number of ether oxygens (including phenoxy) is 2. The third kappa shape index (κ3) is 4.40. The first-order valence-electron chi connectivity index (χ1n) is 8.26. The van der Waals surface area contributed by atoms with Gasteiger partial charge in [-0.2, -0.15) is 0 Å². The summed E-state index contributed by atoms with van der Waals surface area (Å²) < 4.78 is 36.6. The number of rotatable bonds is 6. The summed E-state index contributed by atoms with van der Waals surface area (Å²) in [5, 5.41) is 2.74. The molecule has 1 amide bonds. The molecule has 3 rings (SSSR count). The standard InChI is InChI=1S/C19H20N2O5S/c1-3-11-25-15-8-6-7-14(12-15)20-19(22)18-13-21(27(2,23)24)16-9-4-5-10-17(16)26-18/h3-10,12,18H,1,11,13H2,2H3,(H,20,22)/t18-/m1/s1. The number of carbonyl (C=O) groups excluding carboxylic acids is 1. The second-order valence-electron chi connectivity index (χ2n) is 5.99. The molecule has 2 aromatic rings. The summed E-state index contributed by atoms with van der Waals surface area (Å²) in [5.74, 6) is 0.483. The SMILES string of the molecule is C=CCOc1cccc(NC(=O)[C@H]2CN(S(C)(=O)=O)c3ccccc3O2)c1. The van der Waals surface area contributed by atoms with Crippen molar-refractivity contribution < 1.29 is 22.7 Å². The van der Waals surface area contributed by atoms with Gasteiger partial charge in [0.15, 0.2) is 6.10 Å². The summed E-state index contributed by atoms with van der Waals surface area (Å²) in [6.07, 6.45) is 1.75. The van der Waals surface area contributed by atoms with E-state index in [1.165, 1.54) is 4.31 Å². The second-order valence-corrected chi connectivity index (χ2v) is 7.89. The highest BCUT2D eigenvalue weighted by Gasteiger charge is 2.34. The van der Waals surface area contributed by atoms with Gasteiger partial charge in [-0.25, -0.2) is 8.42 Å². The number of para-hydroxylation sites is 2. The molecular formula is C19H20N2O5S. The molecule has 0 radical (unpaired) electrons. The first kappa shape index (κ1) is 18.8. The van der Waals surface area contributed by atoms with E-state index < -0.39 is 22.0 Å². The van der Waals surface area contributed by atoms with Crippen LogP contribution in [-0.2, 0) is 14.8 Å². The fourth-order valence-electron chi connectivity index (χ4n) is 2.69. The Morgan fingerprint density at radius 2 is 2.11 bits per heavy atom. The number of carbonyl (C=O) groups is 1. The van der Waals surface area contributed by atoms with Gasteiger partial charge >= 0.3 is 0 Å². The average Bonchev–Trinajstić information content (AvgIpc) is 2.65. The Bertz CT molecular complexity index is 958. The Hall–Kier alpha value is -3.00. The third-order valence-corrected chi connectivity index (χ3v) is 5.04. The highest BCUT2D eigenvalue weighted by molar-refractivity contribution is 7.92. The molecule has 2 aromatic carbocycles. The molecule has 0 saturated carbocycles. The zero-order valence-corrected chi connectivity index (χ0v) is 15.6. The third-order valence-electron chi connectivity index (χ3n) is 3.90. The van der Waals surface area contributed by atoms with Gasteiger partial charge < -0.3 is 14.8 Å². The lowest BCUT2D eigenvalue weighted by atomic mass is 10.2. The van der Waals surface area contributed by atoms with E-state index in [0.717, 1.165) is 6.26 Å². The first-order valence-corrected chi connectivity index (χ1v) is 10.1. The quantitative estimate of drug-likeness (QED) is 0.768. The van der Waals surface area contributed by atoms with Gasteiger partial charge in [0, 0.05) is 11.8 Å². The van der Waals surface area contributed by atoms with Crippen LogP contribution in [0, 0.1) is 0 Å². The maximum atomic E-state index is 12.7. The number of nitrogens with one attached hydrogen (secondary N) is 1. The minimum Gasteiger partial charge on any atom is -0.489 e. The highest BCUT2D eigenvalue weighted by Crippen LogP contribution is 2.34. The van der Waals surface area contributed by atoms with Crippen LogP contribution in [0.15, 0.2) is 61.2 Å². The molecule has 1 aliphatic rings. The first-order chi connectivity index (χ1) is 12.9. The number of sulfonamides is 1. The number of hydrogen-bond acceptors (Lipinski definition) is 5. The van der Waals surface area contributed by atoms with Gasteiger partial charge in [0.2, 0.25) is 10.0 Å². The molecule has 1 atom stereocenters. The van der Waals surface area contributed by atoms with Gasteiger partial charge in [0.25, 0.3) is 5.91 Å². The zero-order valence-electron chi connectivity index (χ0n) is 14.8. The van der Waals surface area contributed by atoms with Crippen molar-refractivity contribution in [2.75, 3.05) is 29.0 Å². The smallest absolute Gasteiger partial charge is 0.267 e. The van der Waals surface area contributed by atoms with Crippen molar-refractivity contribution in [3.63, 3.8) is 0 Å². The van der Waals surface area contributed by atoms with Crippen LogP contribution >= 0.6 is 0 Å². The molecule has 0 bridgehead atoms. The Kier molecular flexibility index (Phi) is 5.36. The van der Waals surface area contributed by atoms with Crippen molar-refractivity contribution in [1.29, 1.82) is 0 Å². The summed E-state index contributed by atoms with van der Waals surface area (Å²) in [5.41, 5.74) is 0.943. The van der Waals surface area contributed by atoms with Crippen LogP contribution < -0.4 is 19.1 Å². The molecule has 1 N–H and O–H groups in total. The predicted molar refractivity (Wildman–Crippen MR) is 104 cm³/mol. The van der Waals surface area contributed by atoms with E-state index in [4.69, 9.17) is 9.47 Å². The molecule has 27 heavy (non-hydrogen) atoms. The van der Waals surface area contributed by atoms with Crippen molar-refractivity contribution in [2.45, 2.75) is 6.10 Å².